The highest BCUT2D eigenvalue weighted by molar-refractivity contribution is 5.10. The Morgan fingerprint density at radius 1 is 1.14 bits per heavy atom. The van der Waals surface area contributed by atoms with E-state index in [1.165, 1.54) is 12.8 Å². The molecule has 2 fully saturated rings. The predicted molar refractivity (Wildman–Crippen MR) is 80.2 cm³/mol. The summed E-state index contributed by atoms with van der Waals surface area (Å²) in [5.74, 6) is 1.60. The summed E-state index contributed by atoms with van der Waals surface area (Å²) < 4.78 is 11.3. The topological polar surface area (TPSA) is 47.5 Å². The summed E-state index contributed by atoms with van der Waals surface area (Å²) in [7, 11) is 0. The highest BCUT2D eigenvalue weighted by atomic mass is 16.5. The molecule has 0 radical (unpaired) electrons. The zero-order valence-corrected chi connectivity index (χ0v) is 13.0. The number of hydrogen-bond acceptors (Lipinski definition) is 5. The first-order chi connectivity index (χ1) is 10.2. The van der Waals surface area contributed by atoms with Crippen molar-refractivity contribution in [1.82, 2.24) is 14.9 Å². The Labute approximate surface area is 126 Å². The summed E-state index contributed by atoms with van der Waals surface area (Å²) in [6.07, 6.45) is 2.38. The van der Waals surface area contributed by atoms with E-state index in [-0.39, 0.29) is 6.10 Å². The lowest BCUT2D eigenvalue weighted by Crippen LogP contribution is -2.42. The van der Waals surface area contributed by atoms with Crippen molar-refractivity contribution in [2.24, 2.45) is 5.92 Å². The van der Waals surface area contributed by atoms with Gasteiger partial charge in [-0.1, -0.05) is 0 Å². The van der Waals surface area contributed by atoms with Crippen LogP contribution in [-0.2, 0) is 9.47 Å². The van der Waals surface area contributed by atoms with E-state index in [1.807, 2.05) is 19.9 Å². The van der Waals surface area contributed by atoms with Gasteiger partial charge in [0.1, 0.15) is 6.10 Å². The van der Waals surface area contributed by atoms with Crippen molar-refractivity contribution < 1.29 is 9.47 Å². The van der Waals surface area contributed by atoms with Crippen molar-refractivity contribution in [2.75, 3.05) is 39.5 Å². The van der Waals surface area contributed by atoms with Crippen molar-refractivity contribution in [2.45, 2.75) is 32.8 Å². The van der Waals surface area contributed by atoms with Gasteiger partial charge in [0, 0.05) is 44.2 Å². The molecule has 21 heavy (non-hydrogen) atoms. The second-order valence-corrected chi connectivity index (χ2v) is 6.18. The van der Waals surface area contributed by atoms with Crippen molar-refractivity contribution in [3.05, 3.63) is 23.3 Å². The lowest BCUT2D eigenvalue weighted by Gasteiger charge is -2.35. The standard InChI is InChI=1S/C16H25N3O2/c1-12-9-13(2)18-16(17-12)15-11-19(5-8-21-15)10-14-3-6-20-7-4-14/h9,14-15H,3-8,10-11H2,1-2H3/t15-/m0/s1. The van der Waals surface area contributed by atoms with E-state index >= 15 is 0 Å². The fourth-order valence-corrected chi connectivity index (χ4v) is 3.22. The van der Waals surface area contributed by atoms with Crippen LogP contribution in [-0.4, -0.2) is 54.3 Å². The number of aromatic nitrogens is 2. The van der Waals surface area contributed by atoms with Crippen LogP contribution in [0.15, 0.2) is 6.07 Å². The highest BCUT2D eigenvalue weighted by Crippen LogP contribution is 2.23. The molecule has 5 heteroatoms. The molecule has 2 aliphatic rings. The average Bonchev–Trinajstić information content (AvgIpc) is 2.47. The van der Waals surface area contributed by atoms with Gasteiger partial charge in [-0.2, -0.15) is 0 Å². The van der Waals surface area contributed by atoms with Crippen LogP contribution in [0.2, 0.25) is 0 Å². The van der Waals surface area contributed by atoms with Gasteiger partial charge in [0.15, 0.2) is 5.82 Å². The average molecular weight is 291 g/mol. The second kappa shape index (κ2) is 6.81. The minimum Gasteiger partial charge on any atom is -0.381 e. The van der Waals surface area contributed by atoms with Crippen LogP contribution in [0.1, 0.15) is 36.2 Å². The number of aryl methyl sites for hydroxylation is 2. The summed E-state index contributed by atoms with van der Waals surface area (Å²) in [6, 6.07) is 2.01. The Hall–Kier alpha value is -1.04. The molecule has 116 valence electrons. The maximum atomic E-state index is 5.90. The molecular weight excluding hydrogens is 266 g/mol. The van der Waals surface area contributed by atoms with E-state index < -0.39 is 0 Å². The molecule has 3 rings (SSSR count). The molecule has 1 aromatic rings. The minimum absolute atomic E-state index is 0.0113. The van der Waals surface area contributed by atoms with Crippen molar-refractivity contribution in [3.63, 3.8) is 0 Å². The van der Waals surface area contributed by atoms with E-state index in [4.69, 9.17) is 9.47 Å². The molecule has 1 atom stereocenters. The Kier molecular flexibility index (Phi) is 4.83. The third kappa shape index (κ3) is 3.99. The molecule has 0 aromatic carbocycles. The molecule has 0 N–H and O–H groups in total. The van der Waals surface area contributed by atoms with E-state index in [0.29, 0.717) is 0 Å². The zero-order chi connectivity index (χ0) is 14.7. The molecule has 0 spiro atoms. The predicted octanol–water partition coefficient (Wildman–Crippen LogP) is 1.89. The van der Waals surface area contributed by atoms with Crippen LogP contribution in [0.25, 0.3) is 0 Å². The molecule has 0 amide bonds. The van der Waals surface area contributed by atoms with Gasteiger partial charge in [-0.3, -0.25) is 4.90 Å². The van der Waals surface area contributed by atoms with Gasteiger partial charge in [0.25, 0.3) is 0 Å². The molecule has 1 aromatic heterocycles. The molecule has 0 aliphatic carbocycles. The van der Waals surface area contributed by atoms with Gasteiger partial charge in [0.05, 0.1) is 6.61 Å². The maximum absolute atomic E-state index is 5.90. The van der Waals surface area contributed by atoms with Crippen molar-refractivity contribution in [1.29, 1.82) is 0 Å². The molecule has 2 aliphatic heterocycles. The van der Waals surface area contributed by atoms with Crippen LogP contribution < -0.4 is 0 Å². The quantitative estimate of drug-likeness (QED) is 0.851. The lowest BCUT2D eigenvalue weighted by molar-refractivity contribution is -0.0450. The molecule has 0 unspecified atom stereocenters. The fraction of sp³-hybridized carbons (Fsp3) is 0.750. The van der Waals surface area contributed by atoms with E-state index in [1.54, 1.807) is 0 Å². The SMILES string of the molecule is Cc1cc(C)nc([C@@H]2CN(CC3CCOCC3)CCO2)n1. The lowest BCUT2D eigenvalue weighted by atomic mass is 9.99. The molecule has 0 saturated carbocycles. The Morgan fingerprint density at radius 3 is 2.57 bits per heavy atom. The summed E-state index contributed by atoms with van der Waals surface area (Å²) in [5, 5.41) is 0. The monoisotopic (exact) mass is 291 g/mol. The van der Waals surface area contributed by atoms with Crippen LogP contribution >= 0.6 is 0 Å². The smallest absolute Gasteiger partial charge is 0.158 e. The van der Waals surface area contributed by atoms with Gasteiger partial charge in [-0.15, -0.1) is 0 Å². The van der Waals surface area contributed by atoms with E-state index in [2.05, 4.69) is 14.9 Å². The van der Waals surface area contributed by atoms with E-state index in [0.717, 1.165) is 62.6 Å². The molecule has 0 bridgehead atoms. The van der Waals surface area contributed by atoms with Crippen LogP contribution in [0.5, 0.6) is 0 Å². The zero-order valence-electron chi connectivity index (χ0n) is 13.0. The number of ether oxygens (including phenoxy) is 2. The third-order valence-electron chi connectivity index (χ3n) is 4.30. The molecule has 5 nitrogen and oxygen atoms in total. The van der Waals surface area contributed by atoms with Crippen LogP contribution in [0, 0.1) is 19.8 Å². The van der Waals surface area contributed by atoms with Gasteiger partial charge in [0.2, 0.25) is 0 Å². The minimum atomic E-state index is 0.0113. The first-order valence-electron chi connectivity index (χ1n) is 7.94. The van der Waals surface area contributed by atoms with Gasteiger partial charge in [-0.25, -0.2) is 9.97 Å². The first-order valence-corrected chi connectivity index (χ1v) is 7.94. The second-order valence-electron chi connectivity index (χ2n) is 6.18. The van der Waals surface area contributed by atoms with Gasteiger partial charge < -0.3 is 9.47 Å². The largest absolute Gasteiger partial charge is 0.381 e. The summed E-state index contributed by atoms with van der Waals surface area (Å²) >= 11 is 0. The van der Waals surface area contributed by atoms with Crippen molar-refractivity contribution >= 4 is 0 Å². The van der Waals surface area contributed by atoms with Gasteiger partial charge in [-0.05, 0) is 38.7 Å². The fourth-order valence-electron chi connectivity index (χ4n) is 3.22. The van der Waals surface area contributed by atoms with Gasteiger partial charge >= 0.3 is 0 Å². The summed E-state index contributed by atoms with van der Waals surface area (Å²) in [5.41, 5.74) is 2.03. The summed E-state index contributed by atoms with van der Waals surface area (Å²) in [6.45, 7) is 9.69. The molecular formula is C16H25N3O2. The summed E-state index contributed by atoms with van der Waals surface area (Å²) in [4.78, 5) is 11.6. The number of rotatable bonds is 3. The number of nitrogens with zero attached hydrogens (tertiary/aromatic N) is 3. The number of morpholine rings is 1. The van der Waals surface area contributed by atoms with Crippen LogP contribution in [0.3, 0.4) is 0 Å². The molecule has 3 heterocycles. The first kappa shape index (κ1) is 14.9. The normalized spacial score (nSPS) is 25.1. The Bertz CT molecular complexity index is 454. The van der Waals surface area contributed by atoms with Crippen molar-refractivity contribution in [3.8, 4) is 0 Å². The van der Waals surface area contributed by atoms with Crippen LogP contribution in [0.4, 0.5) is 0 Å². The van der Waals surface area contributed by atoms with E-state index in [9.17, 15) is 0 Å². The highest BCUT2D eigenvalue weighted by Gasteiger charge is 2.26. The Balaban J connectivity index is 1.62. The molecule has 2 saturated heterocycles. The Morgan fingerprint density at radius 2 is 1.86 bits per heavy atom. The number of hydrogen-bond donors (Lipinski definition) is 0. The maximum Gasteiger partial charge on any atom is 0.158 e. The third-order valence-corrected chi connectivity index (χ3v) is 4.30.